The van der Waals surface area contributed by atoms with Gasteiger partial charge in [-0.2, -0.15) is 4.98 Å². The Bertz CT molecular complexity index is 908. The molecule has 2 aliphatic rings. The fraction of sp³-hybridized carbons (Fsp3) is 0.533. The Balaban J connectivity index is 1.65. The molecule has 13 heteroatoms. The molecule has 1 aliphatic heterocycles. The molecule has 0 bridgehead atoms. The Morgan fingerprint density at radius 3 is 3.04 bits per heavy atom. The minimum Gasteiger partial charge on any atom is -0.394 e. The third-order valence-electron chi connectivity index (χ3n) is 4.53. The summed E-state index contributed by atoms with van der Waals surface area (Å²) in [6.07, 6.45) is 0.777. The number of phosphoric acid groups is 1. The molecule has 154 valence electrons. The molecule has 1 saturated heterocycles. The van der Waals surface area contributed by atoms with E-state index in [4.69, 9.17) is 19.3 Å². The van der Waals surface area contributed by atoms with Gasteiger partial charge in [-0.15, -0.1) is 0 Å². The van der Waals surface area contributed by atoms with E-state index in [1.807, 2.05) is 0 Å². The van der Waals surface area contributed by atoms with Crippen LogP contribution in [-0.4, -0.2) is 34.8 Å². The Morgan fingerprint density at radius 2 is 2.36 bits per heavy atom. The minimum absolute atomic E-state index is 0.0304. The molecule has 10 nitrogen and oxygen atoms in total. The third-order valence-corrected chi connectivity index (χ3v) is 6.42. The van der Waals surface area contributed by atoms with E-state index in [1.54, 1.807) is 6.92 Å². The summed E-state index contributed by atoms with van der Waals surface area (Å²) in [5.74, 6) is -1.45. The molecule has 1 aromatic heterocycles. The molecule has 0 spiro atoms. The maximum absolute atomic E-state index is 14.7. The standard InChI is InChI=1S/C15H18FIN3O7P/c1-8(14(21)26-17)3-5-24-28(23)25-7-9-11(27-28)6-10(13(9)16)20-4-2-12(18)19-15(20)22/h2,4,8,10-11H,3,5-7H2,1H3,(H2,18,19,22)/t8?,10-,11-,28?/m0/s1. The summed E-state index contributed by atoms with van der Waals surface area (Å²) >= 11 is 1.49. The summed E-state index contributed by atoms with van der Waals surface area (Å²) < 4.78 is 48.8. The van der Waals surface area contributed by atoms with Crippen molar-refractivity contribution in [3.63, 3.8) is 0 Å². The van der Waals surface area contributed by atoms with Gasteiger partial charge in [-0.3, -0.25) is 22.9 Å². The molecule has 0 radical (unpaired) electrons. The summed E-state index contributed by atoms with van der Waals surface area (Å²) in [5.41, 5.74) is 4.92. The maximum atomic E-state index is 14.7. The van der Waals surface area contributed by atoms with Gasteiger partial charge in [0.05, 0.1) is 31.3 Å². The molecule has 2 unspecified atom stereocenters. The molecule has 0 saturated carbocycles. The highest BCUT2D eigenvalue weighted by Gasteiger charge is 2.46. The topological polar surface area (TPSA) is 132 Å². The van der Waals surface area contributed by atoms with E-state index in [0.717, 1.165) is 4.57 Å². The fourth-order valence-electron chi connectivity index (χ4n) is 2.92. The number of nitrogens with two attached hydrogens (primary N) is 1. The summed E-state index contributed by atoms with van der Waals surface area (Å²) in [6.45, 7) is 1.29. The van der Waals surface area contributed by atoms with Crippen molar-refractivity contribution < 1.29 is 30.4 Å². The first-order valence-corrected chi connectivity index (χ1v) is 10.7. The van der Waals surface area contributed by atoms with Crippen molar-refractivity contribution in [1.29, 1.82) is 0 Å². The smallest absolute Gasteiger partial charge is 0.394 e. The molecule has 1 fully saturated rings. The van der Waals surface area contributed by atoms with Crippen molar-refractivity contribution in [1.82, 2.24) is 9.55 Å². The van der Waals surface area contributed by atoms with Crippen molar-refractivity contribution in [3.8, 4) is 0 Å². The monoisotopic (exact) mass is 529 g/mol. The number of halogens is 2. The molecule has 28 heavy (non-hydrogen) atoms. The molecule has 0 amide bonds. The van der Waals surface area contributed by atoms with E-state index >= 15 is 0 Å². The van der Waals surface area contributed by atoms with Gasteiger partial charge in [0.25, 0.3) is 0 Å². The second kappa shape index (κ2) is 8.57. The predicted octanol–water partition coefficient (Wildman–Crippen LogP) is 2.45. The Hall–Kier alpha value is -1.34. The lowest BCUT2D eigenvalue weighted by Gasteiger charge is -2.28. The number of nitrogens with zero attached hydrogens (tertiary/aromatic N) is 2. The average Bonchev–Trinajstić information content (AvgIpc) is 2.96. The summed E-state index contributed by atoms with van der Waals surface area (Å²) in [5, 5.41) is 0. The number of allylic oxidation sites excluding steroid dienone is 1. The van der Waals surface area contributed by atoms with Gasteiger partial charge in [-0.05, 0) is 12.5 Å². The Kier molecular flexibility index (Phi) is 6.54. The van der Waals surface area contributed by atoms with Crippen LogP contribution in [0, 0.1) is 5.92 Å². The van der Waals surface area contributed by atoms with E-state index in [1.165, 1.54) is 35.3 Å². The summed E-state index contributed by atoms with van der Waals surface area (Å²) in [6, 6.07) is 0.434. The van der Waals surface area contributed by atoms with Crippen LogP contribution in [0.25, 0.3) is 0 Å². The number of nitrogen functional groups attached to an aromatic ring is 1. The minimum atomic E-state index is -3.92. The first kappa shape index (κ1) is 21.4. The Morgan fingerprint density at radius 1 is 1.61 bits per heavy atom. The molecule has 4 atom stereocenters. The molecule has 2 heterocycles. The highest BCUT2D eigenvalue weighted by molar-refractivity contribution is 14.1. The molecule has 1 aliphatic carbocycles. The van der Waals surface area contributed by atoms with E-state index in [-0.39, 0.29) is 37.4 Å². The van der Waals surface area contributed by atoms with Crippen LogP contribution < -0.4 is 11.4 Å². The summed E-state index contributed by atoms with van der Waals surface area (Å²) in [4.78, 5) is 26.9. The quantitative estimate of drug-likeness (QED) is 0.436. The van der Waals surface area contributed by atoms with Gasteiger partial charge in [-0.1, -0.05) is 6.92 Å². The van der Waals surface area contributed by atoms with E-state index in [0.29, 0.717) is 0 Å². The molecule has 2 N–H and O–H groups in total. The average molecular weight is 529 g/mol. The van der Waals surface area contributed by atoms with E-state index < -0.39 is 43.4 Å². The van der Waals surface area contributed by atoms with Crippen molar-refractivity contribution >= 4 is 42.6 Å². The second-order valence-corrected chi connectivity index (χ2v) is 8.46. The fourth-order valence-corrected chi connectivity index (χ4v) is 4.70. The van der Waals surface area contributed by atoms with Crippen LogP contribution in [-0.2, 0) is 26.0 Å². The van der Waals surface area contributed by atoms with Gasteiger partial charge in [0.15, 0.2) is 23.0 Å². The number of hydrogen-bond acceptors (Lipinski definition) is 9. The van der Waals surface area contributed by atoms with E-state index in [9.17, 15) is 18.5 Å². The molecule has 1 aromatic rings. The number of carbonyl (C=O) groups excluding carboxylic acids is 1. The largest absolute Gasteiger partial charge is 0.475 e. The van der Waals surface area contributed by atoms with Crippen LogP contribution in [0.5, 0.6) is 0 Å². The highest BCUT2D eigenvalue weighted by Crippen LogP contribution is 2.58. The van der Waals surface area contributed by atoms with Gasteiger partial charge in [0.2, 0.25) is 0 Å². The SMILES string of the molecule is CC(CCOP1(=O)OCC2=C(F)[C@@H](n3ccc(N)nc3=O)C[C@@H]2O1)C(=O)OI. The summed E-state index contributed by atoms with van der Waals surface area (Å²) in [7, 11) is -3.92. The van der Waals surface area contributed by atoms with Gasteiger partial charge in [0.1, 0.15) is 11.6 Å². The molecular weight excluding hydrogens is 511 g/mol. The predicted molar refractivity (Wildman–Crippen MR) is 103 cm³/mol. The van der Waals surface area contributed by atoms with Crippen molar-refractivity contribution in [2.45, 2.75) is 31.9 Å². The Labute approximate surface area is 173 Å². The van der Waals surface area contributed by atoms with Crippen LogP contribution >= 0.6 is 30.8 Å². The number of fused-ring (bicyclic) bond motifs is 1. The highest BCUT2D eigenvalue weighted by atomic mass is 127. The zero-order valence-electron chi connectivity index (χ0n) is 14.7. The van der Waals surface area contributed by atoms with Crippen molar-refractivity contribution in [2.75, 3.05) is 18.9 Å². The van der Waals surface area contributed by atoms with Crippen LogP contribution in [0.1, 0.15) is 25.8 Å². The third kappa shape index (κ3) is 4.46. The number of aromatic nitrogens is 2. The molecule has 0 aromatic carbocycles. The zero-order valence-corrected chi connectivity index (χ0v) is 17.8. The number of carbonyl (C=O) groups is 1. The molecule has 3 rings (SSSR count). The normalized spacial score (nSPS) is 28.1. The lowest BCUT2D eigenvalue weighted by Crippen LogP contribution is -2.27. The van der Waals surface area contributed by atoms with Crippen LogP contribution in [0.3, 0.4) is 0 Å². The van der Waals surface area contributed by atoms with Crippen LogP contribution in [0.4, 0.5) is 10.2 Å². The molecular formula is C15H18FIN3O7P. The van der Waals surface area contributed by atoms with Gasteiger partial charge in [-0.25, -0.2) is 13.8 Å². The zero-order chi connectivity index (χ0) is 20.5. The maximum Gasteiger partial charge on any atom is 0.475 e. The van der Waals surface area contributed by atoms with Crippen LogP contribution in [0.2, 0.25) is 0 Å². The number of phosphoric ester groups is 1. The first-order chi connectivity index (χ1) is 13.2. The lowest BCUT2D eigenvalue weighted by atomic mass is 10.1. The lowest BCUT2D eigenvalue weighted by molar-refractivity contribution is -0.135. The van der Waals surface area contributed by atoms with Crippen LogP contribution in [0.15, 0.2) is 28.5 Å². The van der Waals surface area contributed by atoms with Crippen molar-refractivity contribution in [2.24, 2.45) is 5.92 Å². The number of anilines is 1. The van der Waals surface area contributed by atoms with Gasteiger partial charge >= 0.3 is 19.5 Å². The van der Waals surface area contributed by atoms with Gasteiger partial charge < -0.3 is 8.80 Å². The first-order valence-electron chi connectivity index (χ1n) is 8.37. The number of rotatable bonds is 6. The van der Waals surface area contributed by atoms with Gasteiger partial charge in [0, 0.05) is 18.2 Å². The van der Waals surface area contributed by atoms with E-state index in [2.05, 4.69) is 8.05 Å². The van der Waals surface area contributed by atoms with Crippen molar-refractivity contribution in [3.05, 3.63) is 34.1 Å². The number of hydrogen-bond donors (Lipinski definition) is 1. The second-order valence-electron chi connectivity index (χ2n) is 6.40.